The van der Waals surface area contributed by atoms with Crippen LogP contribution in [0.25, 0.3) is 10.8 Å². The summed E-state index contributed by atoms with van der Waals surface area (Å²) in [6.45, 7) is 1.52. The molecular weight excluding hydrogens is 368 g/mol. The second-order valence-corrected chi connectivity index (χ2v) is 6.65. The van der Waals surface area contributed by atoms with Crippen molar-refractivity contribution in [2.24, 2.45) is 0 Å². The molecule has 0 aliphatic heterocycles. The molecule has 0 heterocycles. The fourth-order valence-electron chi connectivity index (χ4n) is 2.90. The van der Waals surface area contributed by atoms with Crippen LogP contribution in [0.4, 0.5) is 11.4 Å². The molecule has 3 rings (SSSR count). The summed E-state index contributed by atoms with van der Waals surface area (Å²) in [7, 11) is 0. The van der Waals surface area contributed by atoms with Gasteiger partial charge in [0.15, 0.2) is 6.61 Å². The van der Waals surface area contributed by atoms with Gasteiger partial charge in [0.05, 0.1) is 6.42 Å². The van der Waals surface area contributed by atoms with Crippen LogP contribution in [0.3, 0.4) is 0 Å². The SMILES string of the molecule is Cc1cccc(NC(=O)COC(=O)CCC(=O)Nc2cccc3ccccc23)c1. The molecular formula is C23H22N2O4. The average molecular weight is 390 g/mol. The van der Waals surface area contributed by atoms with Crippen molar-refractivity contribution < 1.29 is 19.1 Å². The molecule has 0 radical (unpaired) electrons. The summed E-state index contributed by atoms with van der Waals surface area (Å²) in [6, 6.07) is 20.7. The lowest BCUT2D eigenvalue weighted by molar-refractivity contribution is -0.147. The highest BCUT2D eigenvalue weighted by molar-refractivity contribution is 6.02. The predicted octanol–water partition coefficient (Wildman–Crippen LogP) is 4.05. The highest BCUT2D eigenvalue weighted by Crippen LogP contribution is 2.23. The Morgan fingerprint density at radius 3 is 2.41 bits per heavy atom. The highest BCUT2D eigenvalue weighted by atomic mass is 16.5. The summed E-state index contributed by atoms with van der Waals surface area (Å²) in [4.78, 5) is 35.9. The molecule has 0 saturated heterocycles. The van der Waals surface area contributed by atoms with Crippen molar-refractivity contribution in [3.63, 3.8) is 0 Å². The van der Waals surface area contributed by atoms with Gasteiger partial charge >= 0.3 is 5.97 Å². The summed E-state index contributed by atoms with van der Waals surface area (Å²) in [5, 5.41) is 7.42. The average Bonchev–Trinajstić information content (AvgIpc) is 2.71. The quantitative estimate of drug-likeness (QED) is 0.596. The monoisotopic (exact) mass is 390 g/mol. The third-order valence-corrected chi connectivity index (χ3v) is 4.29. The Morgan fingerprint density at radius 2 is 1.59 bits per heavy atom. The minimum Gasteiger partial charge on any atom is -0.456 e. The van der Waals surface area contributed by atoms with Gasteiger partial charge in [-0.1, -0.05) is 48.5 Å². The minimum atomic E-state index is -0.600. The molecule has 0 saturated carbocycles. The van der Waals surface area contributed by atoms with Crippen LogP contribution >= 0.6 is 0 Å². The van der Waals surface area contributed by atoms with Crippen LogP contribution in [-0.2, 0) is 19.1 Å². The minimum absolute atomic E-state index is 0.0262. The van der Waals surface area contributed by atoms with Gasteiger partial charge in [-0.05, 0) is 36.1 Å². The van der Waals surface area contributed by atoms with E-state index in [1.807, 2.05) is 67.6 Å². The lowest BCUT2D eigenvalue weighted by Crippen LogP contribution is -2.21. The molecule has 3 aromatic rings. The van der Waals surface area contributed by atoms with E-state index >= 15 is 0 Å². The number of amides is 2. The van der Waals surface area contributed by atoms with Gasteiger partial charge in [-0.25, -0.2) is 0 Å². The van der Waals surface area contributed by atoms with E-state index in [-0.39, 0.29) is 18.7 Å². The highest BCUT2D eigenvalue weighted by Gasteiger charge is 2.12. The van der Waals surface area contributed by atoms with Crippen LogP contribution in [0.2, 0.25) is 0 Å². The van der Waals surface area contributed by atoms with E-state index in [0.29, 0.717) is 11.4 Å². The number of benzene rings is 3. The maximum Gasteiger partial charge on any atom is 0.306 e. The Bertz CT molecular complexity index is 1040. The molecule has 148 valence electrons. The molecule has 0 unspecified atom stereocenters. The van der Waals surface area contributed by atoms with Crippen molar-refractivity contribution in [1.82, 2.24) is 0 Å². The molecule has 6 nitrogen and oxygen atoms in total. The number of hydrogen-bond donors (Lipinski definition) is 2. The molecule has 2 N–H and O–H groups in total. The van der Waals surface area contributed by atoms with Crippen LogP contribution < -0.4 is 10.6 Å². The van der Waals surface area contributed by atoms with Crippen LogP contribution in [-0.4, -0.2) is 24.4 Å². The zero-order chi connectivity index (χ0) is 20.6. The number of aryl methyl sites for hydroxylation is 1. The summed E-state index contributed by atoms with van der Waals surface area (Å²) in [6.07, 6.45) is -0.129. The Labute approximate surface area is 168 Å². The van der Waals surface area contributed by atoms with Crippen molar-refractivity contribution in [1.29, 1.82) is 0 Å². The lowest BCUT2D eigenvalue weighted by atomic mass is 10.1. The third kappa shape index (κ3) is 5.90. The smallest absolute Gasteiger partial charge is 0.306 e. The summed E-state index contributed by atoms with van der Waals surface area (Å²) in [5.74, 6) is -1.32. The molecule has 2 amide bonds. The van der Waals surface area contributed by atoms with Crippen LogP contribution in [0.5, 0.6) is 0 Å². The number of carbonyl (C=O) groups is 3. The molecule has 0 bridgehead atoms. The number of nitrogens with one attached hydrogen (secondary N) is 2. The number of esters is 1. The molecule has 0 aliphatic carbocycles. The maximum absolute atomic E-state index is 12.2. The number of anilines is 2. The molecule has 3 aromatic carbocycles. The third-order valence-electron chi connectivity index (χ3n) is 4.29. The van der Waals surface area contributed by atoms with Crippen LogP contribution in [0.1, 0.15) is 18.4 Å². The Balaban J connectivity index is 1.43. The lowest BCUT2D eigenvalue weighted by Gasteiger charge is -2.09. The Morgan fingerprint density at radius 1 is 0.828 bits per heavy atom. The van der Waals surface area contributed by atoms with Gasteiger partial charge < -0.3 is 15.4 Å². The Hall–Kier alpha value is -3.67. The number of hydrogen-bond acceptors (Lipinski definition) is 4. The first-order chi connectivity index (χ1) is 14.0. The maximum atomic E-state index is 12.2. The number of carbonyl (C=O) groups excluding carboxylic acids is 3. The van der Waals surface area contributed by atoms with Crippen LogP contribution in [0.15, 0.2) is 66.7 Å². The van der Waals surface area contributed by atoms with Crippen molar-refractivity contribution in [3.8, 4) is 0 Å². The van der Waals surface area contributed by atoms with E-state index in [1.54, 1.807) is 6.07 Å². The first kappa shape index (κ1) is 20.1. The second-order valence-electron chi connectivity index (χ2n) is 6.65. The van der Waals surface area contributed by atoms with Gasteiger partial charge in [0, 0.05) is 23.2 Å². The van der Waals surface area contributed by atoms with Gasteiger partial charge in [-0.15, -0.1) is 0 Å². The fraction of sp³-hybridized carbons (Fsp3) is 0.174. The van der Waals surface area contributed by atoms with Crippen LogP contribution in [0, 0.1) is 6.92 Å². The van der Waals surface area contributed by atoms with Gasteiger partial charge in [0.1, 0.15) is 0 Å². The van der Waals surface area contributed by atoms with Gasteiger partial charge in [0.2, 0.25) is 5.91 Å². The summed E-state index contributed by atoms with van der Waals surface area (Å²) < 4.78 is 4.95. The predicted molar refractivity (Wildman–Crippen MR) is 113 cm³/mol. The van der Waals surface area contributed by atoms with Gasteiger partial charge in [-0.2, -0.15) is 0 Å². The molecule has 29 heavy (non-hydrogen) atoms. The summed E-state index contributed by atoms with van der Waals surface area (Å²) >= 11 is 0. The van der Waals surface area contributed by atoms with Crippen molar-refractivity contribution >= 4 is 39.9 Å². The summed E-state index contributed by atoms with van der Waals surface area (Å²) in [5.41, 5.74) is 2.34. The van der Waals surface area contributed by atoms with Crippen molar-refractivity contribution in [2.75, 3.05) is 17.2 Å². The number of ether oxygens (including phenoxy) is 1. The molecule has 0 aliphatic rings. The second kappa shape index (κ2) is 9.50. The standard InChI is InChI=1S/C23H22N2O4/c1-16-6-4-9-18(14-16)24-22(27)15-29-23(28)13-12-21(26)25-20-11-5-8-17-7-2-3-10-19(17)20/h2-11,14H,12-13,15H2,1H3,(H,24,27)(H,25,26). The van der Waals surface area contributed by atoms with E-state index < -0.39 is 18.5 Å². The number of fused-ring (bicyclic) bond motifs is 1. The van der Waals surface area contributed by atoms with Gasteiger partial charge in [-0.3, -0.25) is 14.4 Å². The molecule has 0 fully saturated rings. The molecule has 0 atom stereocenters. The molecule has 6 heteroatoms. The Kier molecular flexibility index (Phi) is 6.58. The van der Waals surface area contributed by atoms with Crippen molar-refractivity contribution in [3.05, 3.63) is 72.3 Å². The van der Waals surface area contributed by atoms with Gasteiger partial charge in [0.25, 0.3) is 5.91 Å². The largest absolute Gasteiger partial charge is 0.456 e. The normalized spacial score (nSPS) is 10.4. The van der Waals surface area contributed by atoms with E-state index in [0.717, 1.165) is 16.3 Å². The molecule has 0 spiro atoms. The number of rotatable bonds is 7. The zero-order valence-corrected chi connectivity index (χ0v) is 16.1. The molecule has 0 aromatic heterocycles. The van der Waals surface area contributed by atoms with E-state index in [4.69, 9.17) is 4.74 Å². The topological polar surface area (TPSA) is 84.5 Å². The fourth-order valence-corrected chi connectivity index (χ4v) is 2.90. The first-order valence-corrected chi connectivity index (χ1v) is 9.31. The van der Waals surface area contributed by atoms with E-state index in [1.165, 1.54) is 0 Å². The first-order valence-electron chi connectivity index (χ1n) is 9.31. The van der Waals surface area contributed by atoms with Crippen molar-refractivity contribution in [2.45, 2.75) is 19.8 Å². The van der Waals surface area contributed by atoms with E-state index in [9.17, 15) is 14.4 Å². The zero-order valence-electron chi connectivity index (χ0n) is 16.1. The van der Waals surface area contributed by atoms with E-state index in [2.05, 4.69) is 10.6 Å².